The first-order valence-electron chi connectivity index (χ1n) is 8.33. The van der Waals surface area contributed by atoms with E-state index in [1.54, 1.807) is 0 Å². The number of benzene rings is 3. The second kappa shape index (κ2) is 6.32. The molecule has 2 heteroatoms. The molecule has 3 aromatic rings. The van der Waals surface area contributed by atoms with Crippen LogP contribution in [0.3, 0.4) is 0 Å². The van der Waals surface area contributed by atoms with Gasteiger partial charge < -0.3 is 4.90 Å². The number of aliphatic imine (C=N–C) groups is 1. The maximum Gasteiger partial charge on any atom is 0.102 e. The van der Waals surface area contributed by atoms with Crippen LogP contribution in [0.4, 0.5) is 5.69 Å². The number of hydrogen-bond donors (Lipinski definition) is 0. The number of anilines is 1. The van der Waals surface area contributed by atoms with E-state index in [1.807, 2.05) is 0 Å². The van der Waals surface area contributed by atoms with Crippen molar-refractivity contribution in [3.63, 3.8) is 0 Å². The monoisotopic (exact) mass is 312 g/mol. The van der Waals surface area contributed by atoms with Crippen molar-refractivity contribution in [3.8, 4) is 0 Å². The standard InChI is InChI=1S/C22H20N2/c1-17-23-21(18-11-5-2-6-12-18)22(19-13-7-3-8-14-19)24(17)20-15-9-4-10-16-20/h2-16,21-22H,1H3. The van der Waals surface area contributed by atoms with Gasteiger partial charge in [0.15, 0.2) is 0 Å². The Labute approximate surface area is 143 Å². The molecule has 0 N–H and O–H groups in total. The van der Waals surface area contributed by atoms with Gasteiger partial charge in [-0.2, -0.15) is 0 Å². The molecule has 0 aliphatic carbocycles. The Bertz CT molecular complexity index is 826. The van der Waals surface area contributed by atoms with E-state index in [0.29, 0.717) is 0 Å². The van der Waals surface area contributed by atoms with Gasteiger partial charge in [-0.15, -0.1) is 0 Å². The molecule has 2 nitrogen and oxygen atoms in total. The Balaban J connectivity index is 1.83. The first kappa shape index (κ1) is 14.7. The zero-order valence-electron chi connectivity index (χ0n) is 13.7. The normalized spacial score (nSPS) is 20.0. The molecule has 0 aromatic heterocycles. The van der Waals surface area contributed by atoms with Crippen molar-refractivity contribution >= 4 is 11.5 Å². The summed E-state index contributed by atoms with van der Waals surface area (Å²) in [5, 5.41) is 0. The van der Waals surface area contributed by atoms with Gasteiger partial charge in [-0.05, 0) is 30.2 Å². The number of para-hydroxylation sites is 1. The highest BCUT2D eigenvalue weighted by atomic mass is 15.3. The van der Waals surface area contributed by atoms with Gasteiger partial charge in [0.1, 0.15) is 11.9 Å². The molecule has 1 aliphatic rings. The van der Waals surface area contributed by atoms with Gasteiger partial charge in [0.05, 0.1) is 6.04 Å². The summed E-state index contributed by atoms with van der Waals surface area (Å²) in [5.41, 5.74) is 3.73. The van der Waals surface area contributed by atoms with E-state index >= 15 is 0 Å². The average Bonchev–Trinajstić information content (AvgIpc) is 3.01. The van der Waals surface area contributed by atoms with Crippen LogP contribution in [0.25, 0.3) is 0 Å². The molecule has 24 heavy (non-hydrogen) atoms. The molecular formula is C22H20N2. The molecule has 118 valence electrons. The second-order valence-electron chi connectivity index (χ2n) is 6.09. The van der Waals surface area contributed by atoms with Crippen LogP contribution in [0.15, 0.2) is 96.0 Å². The lowest BCUT2D eigenvalue weighted by molar-refractivity contribution is 0.611. The zero-order chi connectivity index (χ0) is 16.4. The van der Waals surface area contributed by atoms with Crippen molar-refractivity contribution in [1.82, 2.24) is 0 Å². The Morgan fingerprint density at radius 3 is 1.75 bits per heavy atom. The molecule has 1 aliphatic heterocycles. The maximum absolute atomic E-state index is 5.02. The summed E-state index contributed by atoms with van der Waals surface area (Å²) in [6, 6.07) is 32.1. The third-order valence-corrected chi connectivity index (χ3v) is 4.57. The number of amidine groups is 1. The van der Waals surface area contributed by atoms with E-state index in [4.69, 9.17) is 4.99 Å². The third-order valence-electron chi connectivity index (χ3n) is 4.57. The van der Waals surface area contributed by atoms with E-state index in [2.05, 4.69) is 103 Å². The molecule has 0 amide bonds. The summed E-state index contributed by atoms with van der Waals surface area (Å²) in [6.45, 7) is 2.10. The highest BCUT2D eigenvalue weighted by Crippen LogP contribution is 2.44. The van der Waals surface area contributed by atoms with E-state index in [1.165, 1.54) is 16.8 Å². The SMILES string of the molecule is CC1=NC(c2ccccc2)C(c2ccccc2)N1c1ccccc1. The minimum atomic E-state index is 0.105. The lowest BCUT2D eigenvalue weighted by Crippen LogP contribution is -2.29. The summed E-state index contributed by atoms with van der Waals surface area (Å²) in [7, 11) is 0. The van der Waals surface area contributed by atoms with E-state index in [-0.39, 0.29) is 12.1 Å². The van der Waals surface area contributed by atoms with Crippen LogP contribution in [-0.2, 0) is 0 Å². The van der Waals surface area contributed by atoms with Crippen molar-refractivity contribution in [2.24, 2.45) is 4.99 Å². The zero-order valence-corrected chi connectivity index (χ0v) is 13.7. The lowest BCUT2D eigenvalue weighted by atomic mass is 9.93. The van der Waals surface area contributed by atoms with Crippen LogP contribution in [0, 0.1) is 0 Å². The summed E-state index contributed by atoms with van der Waals surface area (Å²) < 4.78 is 0. The Hall–Kier alpha value is -2.87. The van der Waals surface area contributed by atoms with Crippen LogP contribution in [0.5, 0.6) is 0 Å². The summed E-state index contributed by atoms with van der Waals surface area (Å²) in [6.07, 6.45) is 0. The highest BCUT2D eigenvalue weighted by Gasteiger charge is 2.37. The molecule has 0 radical (unpaired) electrons. The molecule has 3 aromatic carbocycles. The topological polar surface area (TPSA) is 15.6 Å². The van der Waals surface area contributed by atoms with Gasteiger partial charge >= 0.3 is 0 Å². The van der Waals surface area contributed by atoms with Crippen LogP contribution in [0.2, 0.25) is 0 Å². The molecule has 1 heterocycles. The van der Waals surface area contributed by atoms with Crippen molar-refractivity contribution in [1.29, 1.82) is 0 Å². The Morgan fingerprint density at radius 2 is 1.17 bits per heavy atom. The largest absolute Gasteiger partial charge is 0.320 e. The molecule has 0 fully saturated rings. The minimum Gasteiger partial charge on any atom is -0.320 e. The van der Waals surface area contributed by atoms with Crippen molar-refractivity contribution < 1.29 is 0 Å². The fraction of sp³-hybridized carbons (Fsp3) is 0.136. The summed E-state index contributed by atoms with van der Waals surface area (Å²) >= 11 is 0. The molecule has 2 atom stereocenters. The third kappa shape index (κ3) is 2.61. The first-order valence-corrected chi connectivity index (χ1v) is 8.33. The fourth-order valence-electron chi connectivity index (χ4n) is 3.50. The molecule has 0 saturated carbocycles. The number of rotatable bonds is 3. The molecule has 0 bridgehead atoms. The van der Waals surface area contributed by atoms with Gasteiger partial charge in [-0.1, -0.05) is 78.9 Å². The van der Waals surface area contributed by atoms with Gasteiger partial charge in [0.2, 0.25) is 0 Å². The molecule has 0 saturated heterocycles. The van der Waals surface area contributed by atoms with Crippen LogP contribution in [-0.4, -0.2) is 5.84 Å². The van der Waals surface area contributed by atoms with Gasteiger partial charge in [0.25, 0.3) is 0 Å². The van der Waals surface area contributed by atoms with Crippen molar-refractivity contribution in [3.05, 3.63) is 102 Å². The molecule has 0 spiro atoms. The van der Waals surface area contributed by atoms with Crippen molar-refractivity contribution in [2.45, 2.75) is 19.0 Å². The maximum atomic E-state index is 5.02. The predicted octanol–water partition coefficient (Wildman–Crippen LogP) is 5.41. The molecular weight excluding hydrogens is 292 g/mol. The van der Waals surface area contributed by atoms with Crippen molar-refractivity contribution in [2.75, 3.05) is 4.90 Å². The number of hydrogen-bond acceptors (Lipinski definition) is 2. The number of nitrogens with zero attached hydrogens (tertiary/aromatic N) is 2. The average molecular weight is 312 g/mol. The highest BCUT2D eigenvalue weighted by molar-refractivity contribution is 5.99. The minimum absolute atomic E-state index is 0.105. The summed E-state index contributed by atoms with van der Waals surface area (Å²) in [4.78, 5) is 7.37. The predicted molar refractivity (Wildman–Crippen MR) is 100 cm³/mol. The Morgan fingerprint density at radius 1 is 0.667 bits per heavy atom. The molecule has 2 unspecified atom stereocenters. The smallest absolute Gasteiger partial charge is 0.102 e. The second-order valence-corrected chi connectivity index (χ2v) is 6.09. The lowest BCUT2D eigenvalue weighted by Gasteiger charge is -2.30. The van der Waals surface area contributed by atoms with Gasteiger partial charge in [-0.25, -0.2) is 0 Å². The first-order chi connectivity index (χ1) is 11.8. The van der Waals surface area contributed by atoms with E-state index in [9.17, 15) is 0 Å². The van der Waals surface area contributed by atoms with E-state index < -0.39 is 0 Å². The van der Waals surface area contributed by atoms with Crippen LogP contribution < -0.4 is 4.90 Å². The summed E-state index contributed by atoms with van der Waals surface area (Å²) in [5.74, 6) is 1.06. The fourth-order valence-corrected chi connectivity index (χ4v) is 3.50. The van der Waals surface area contributed by atoms with Crippen LogP contribution in [0.1, 0.15) is 30.1 Å². The molecule has 4 rings (SSSR count). The Kier molecular flexibility index (Phi) is 3.87. The van der Waals surface area contributed by atoms with Gasteiger partial charge in [-0.3, -0.25) is 4.99 Å². The quantitative estimate of drug-likeness (QED) is 0.631. The van der Waals surface area contributed by atoms with E-state index in [0.717, 1.165) is 5.84 Å². The van der Waals surface area contributed by atoms with Crippen LogP contribution >= 0.6 is 0 Å². The van der Waals surface area contributed by atoms with Gasteiger partial charge in [0, 0.05) is 5.69 Å².